The minimum absolute atomic E-state index is 0.106. The minimum atomic E-state index is -3.31. The summed E-state index contributed by atoms with van der Waals surface area (Å²) in [7, 11) is -3.31. The fraction of sp³-hybridized carbons (Fsp3) is 1.00. The summed E-state index contributed by atoms with van der Waals surface area (Å²) in [5.41, 5.74) is -1.17. The second kappa shape index (κ2) is 11.9. The van der Waals surface area contributed by atoms with E-state index < -0.39 is 43.0 Å². The Balaban J connectivity index is 0.867. The largest absolute Gasteiger partial charge is 0.346 e. The monoisotopic (exact) mass is 684 g/mol. The normalized spacial score (nSPS) is 56.1. The van der Waals surface area contributed by atoms with Crippen LogP contribution in [0.1, 0.15) is 106 Å². The molecular formula is C35H57O11P. The van der Waals surface area contributed by atoms with Gasteiger partial charge in [-0.3, -0.25) is 4.57 Å². The molecule has 8 aliphatic heterocycles. The van der Waals surface area contributed by atoms with Crippen molar-refractivity contribution in [1.29, 1.82) is 0 Å². The molecule has 8 heterocycles. The minimum Gasteiger partial charge on any atom is -0.346 e. The molecule has 10 aliphatic rings. The zero-order valence-corrected chi connectivity index (χ0v) is 30.2. The van der Waals surface area contributed by atoms with E-state index in [1.54, 1.807) is 6.66 Å². The third-order valence-electron chi connectivity index (χ3n) is 14.0. The van der Waals surface area contributed by atoms with Crippen LogP contribution in [0.4, 0.5) is 0 Å². The Labute approximate surface area is 280 Å². The number of rotatable bonds is 8. The number of ether oxygens (including phenoxy) is 4. The molecule has 4 unspecified atom stereocenters. The molecule has 8 saturated heterocycles. The second-order valence-electron chi connectivity index (χ2n) is 16.9. The molecule has 10 fully saturated rings. The first-order chi connectivity index (χ1) is 22.3. The molecule has 268 valence electrons. The van der Waals surface area contributed by atoms with Crippen LogP contribution in [0.25, 0.3) is 0 Å². The molecule has 16 atom stereocenters. The molecule has 2 aliphatic carbocycles. The van der Waals surface area contributed by atoms with E-state index in [1.165, 1.54) is 0 Å². The fourth-order valence-electron chi connectivity index (χ4n) is 11.3. The highest BCUT2D eigenvalue weighted by Crippen LogP contribution is 2.62. The van der Waals surface area contributed by atoms with Gasteiger partial charge in [-0.1, -0.05) is 27.7 Å². The number of fused-ring (bicyclic) bond motifs is 4. The SMILES string of the molecule is C[C@@H]1CCC2[C@@H](C)[C@@H](CCOP(C)(=O)OCC[C@H]3O[C@@H]4O[C@]5(C)CCC6[C@H](C)CCC([C@H]3C)[C@]64OO5)O[C@@H]3O[C@]4(C)CCC1[C@@]23OO4. The summed E-state index contributed by atoms with van der Waals surface area (Å²) in [6.45, 7) is 15.1. The van der Waals surface area contributed by atoms with Crippen molar-refractivity contribution < 1.29 is 52.1 Å². The summed E-state index contributed by atoms with van der Waals surface area (Å²) < 4.78 is 51.7. The Morgan fingerprint density at radius 1 is 0.617 bits per heavy atom. The Morgan fingerprint density at radius 3 is 1.47 bits per heavy atom. The van der Waals surface area contributed by atoms with Gasteiger partial charge in [-0.15, -0.1) is 0 Å². The van der Waals surface area contributed by atoms with Crippen LogP contribution in [0.3, 0.4) is 0 Å². The Kier molecular flexibility index (Phi) is 8.62. The van der Waals surface area contributed by atoms with Crippen LogP contribution >= 0.6 is 7.60 Å². The molecule has 11 nitrogen and oxygen atoms in total. The van der Waals surface area contributed by atoms with Crippen LogP contribution < -0.4 is 0 Å². The van der Waals surface area contributed by atoms with Gasteiger partial charge in [0.15, 0.2) is 23.8 Å². The highest BCUT2D eigenvalue weighted by Gasteiger charge is 2.70. The van der Waals surface area contributed by atoms with Crippen LogP contribution in [-0.4, -0.2) is 67.4 Å². The van der Waals surface area contributed by atoms with E-state index >= 15 is 0 Å². The van der Waals surface area contributed by atoms with Gasteiger partial charge >= 0.3 is 7.60 Å². The number of hydrogen-bond donors (Lipinski definition) is 0. The van der Waals surface area contributed by atoms with Gasteiger partial charge in [0.05, 0.1) is 25.4 Å². The topological polar surface area (TPSA) is 109 Å². The van der Waals surface area contributed by atoms with Crippen molar-refractivity contribution in [2.75, 3.05) is 19.9 Å². The second-order valence-corrected chi connectivity index (χ2v) is 19.0. The molecule has 47 heavy (non-hydrogen) atoms. The van der Waals surface area contributed by atoms with Crippen molar-refractivity contribution in [3.8, 4) is 0 Å². The lowest BCUT2D eigenvalue weighted by Crippen LogP contribution is -2.70. The summed E-state index contributed by atoms with van der Waals surface area (Å²) >= 11 is 0. The predicted octanol–water partition coefficient (Wildman–Crippen LogP) is 7.12. The van der Waals surface area contributed by atoms with Gasteiger partial charge in [-0.2, -0.15) is 0 Å². The fourth-order valence-corrected chi connectivity index (χ4v) is 12.3. The summed E-state index contributed by atoms with van der Waals surface area (Å²) in [6, 6.07) is 0. The third kappa shape index (κ3) is 5.39. The summed E-state index contributed by atoms with van der Waals surface area (Å²) in [6.07, 6.45) is 8.00. The van der Waals surface area contributed by atoms with Crippen molar-refractivity contribution >= 4 is 7.60 Å². The first-order valence-electron chi connectivity index (χ1n) is 18.6. The van der Waals surface area contributed by atoms with Crippen LogP contribution in [-0.2, 0) is 52.1 Å². The lowest BCUT2D eigenvalue weighted by atomic mass is 9.57. The molecule has 0 N–H and O–H groups in total. The van der Waals surface area contributed by atoms with E-state index in [0.717, 1.165) is 51.4 Å². The Hall–Kier alpha value is -0.170. The maximum Gasteiger partial charge on any atom is 0.327 e. The van der Waals surface area contributed by atoms with E-state index in [0.29, 0.717) is 36.5 Å². The zero-order valence-electron chi connectivity index (χ0n) is 29.4. The average Bonchev–Trinajstić information content (AvgIpc) is 3.39. The lowest BCUT2D eigenvalue weighted by Gasteiger charge is -2.60. The maximum atomic E-state index is 13.5. The molecular weight excluding hydrogens is 627 g/mol. The van der Waals surface area contributed by atoms with Crippen LogP contribution in [0.15, 0.2) is 0 Å². The van der Waals surface area contributed by atoms with E-state index in [9.17, 15) is 4.57 Å². The van der Waals surface area contributed by atoms with Gasteiger partial charge in [0, 0.05) is 31.3 Å². The Morgan fingerprint density at radius 2 is 1.04 bits per heavy atom. The highest BCUT2D eigenvalue weighted by molar-refractivity contribution is 7.52. The van der Waals surface area contributed by atoms with Crippen LogP contribution in [0.2, 0.25) is 0 Å². The molecule has 0 aromatic carbocycles. The zero-order chi connectivity index (χ0) is 33.0. The first-order valence-corrected chi connectivity index (χ1v) is 20.5. The van der Waals surface area contributed by atoms with Gasteiger partial charge in [-0.05, 0) is 101 Å². The van der Waals surface area contributed by atoms with Crippen molar-refractivity contribution in [3.63, 3.8) is 0 Å². The summed E-state index contributed by atoms with van der Waals surface area (Å²) in [4.78, 5) is 24.4. The van der Waals surface area contributed by atoms with Crippen molar-refractivity contribution in [2.24, 2.45) is 47.3 Å². The molecule has 4 bridgehead atoms. The lowest BCUT2D eigenvalue weighted by molar-refractivity contribution is -0.571. The predicted molar refractivity (Wildman–Crippen MR) is 168 cm³/mol. The highest BCUT2D eigenvalue weighted by atomic mass is 31.2. The maximum absolute atomic E-state index is 13.5. The van der Waals surface area contributed by atoms with E-state index in [1.807, 2.05) is 13.8 Å². The van der Waals surface area contributed by atoms with Gasteiger partial charge < -0.3 is 28.0 Å². The van der Waals surface area contributed by atoms with Crippen LogP contribution in [0.5, 0.6) is 0 Å². The van der Waals surface area contributed by atoms with E-state index in [4.69, 9.17) is 47.5 Å². The third-order valence-corrected chi connectivity index (χ3v) is 15.3. The van der Waals surface area contributed by atoms with Gasteiger partial charge in [0.2, 0.25) is 11.6 Å². The molecule has 0 aromatic heterocycles. The van der Waals surface area contributed by atoms with Crippen molar-refractivity contribution in [3.05, 3.63) is 0 Å². The summed E-state index contributed by atoms with van der Waals surface area (Å²) in [5.74, 6) is 1.04. The molecule has 0 aromatic rings. The molecule has 10 rings (SSSR count). The van der Waals surface area contributed by atoms with Crippen LogP contribution in [0, 0.1) is 47.3 Å². The van der Waals surface area contributed by atoms with E-state index in [2.05, 4.69) is 27.7 Å². The standard InChI is InChI=1S/C35H57O11P/c1-20-8-10-26-22(3)28(39-30-34(26)24(20)12-16-32(5,41-30)43-45-34)14-18-37-47(7,36)38-19-15-29-23(4)27-11-9-21(2)25-13-17-33(6)42-31(40-29)35(25,27)46-44-33/h20-31H,8-19H2,1-7H3/t20-,21-,22-,23-,24?,25?,26?,27?,28-,29-,30-,31-,32+,33+,34-,35-,47?/m1/s1. The molecule has 0 amide bonds. The number of hydrogen-bond acceptors (Lipinski definition) is 11. The van der Waals surface area contributed by atoms with Crippen molar-refractivity contribution in [1.82, 2.24) is 0 Å². The van der Waals surface area contributed by atoms with Gasteiger partial charge in [0.25, 0.3) is 0 Å². The quantitative estimate of drug-likeness (QED) is 0.193. The first kappa shape index (κ1) is 33.9. The average molecular weight is 685 g/mol. The molecule has 2 spiro atoms. The van der Waals surface area contributed by atoms with E-state index in [-0.39, 0.29) is 49.1 Å². The molecule has 12 heteroatoms. The van der Waals surface area contributed by atoms with Gasteiger partial charge in [-0.25, -0.2) is 19.6 Å². The molecule has 0 radical (unpaired) electrons. The molecule has 2 saturated carbocycles. The van der Waals surface area contributed by atoms with Gasteiger partial charge in [0.1, 0.15) is 0 Å². The Bertz CT molecular complexity index is 1150. The summed E-state index contributed by atoms with van der Waals surface area (Å²) in [5, 5.41) is 0. The smallest absolute Gasteiger partial charge is 0.327 e. The van der Waals surface area contributed by atoms with Crippen molar-refractivity contribution in [2.45, 2.75) is 153 Å².